The van der Waals surface area contributed by atoms with E-state index < -0.39 is 0 Å². The summed E-state index contributed by atoms with van der Waals surface area (Å²) in [7, 11) is 0. The smallest absolute Gasteiger partial charge is 0.246 e. The molecular formula is C18H16F2N2O. The van der Waals surface area contributed by atoms with Crippen molar-refractivity contribution in [3.8, 4) is 0 Å². The highest BCUT2D eigenvalue weighted by molar-refractivity contribution is 6.00. The molecule has 3 nitrogen and oxygen atoms in total. The Morgan fingerprint density at radius 3 is 2.52 bits per heavy atom. The van der Waals surface area contributed by atoms with E-state index in [1.165, 1.54) is 24.3 Å². The topological polar surface area (TPSA) is 23.6 Å². The van der Waals surface area contributed by atoms with E-state index in [1.54, 1.807) is 23.1 Å². The Morgan fingerprint density at radius 1 is 1.00 bits per heavy atom. The summed E-state index contributed by atoms with van der Waals surface area (Å²) in [5.41, 5.74) is 1.38. The minimum Gasteiger partial charge on any atom is -0.291 e. The molecule has 0 radical (unpaired) electrons. The SMILES string of the molecule is O=C1[C@@H]2CCCN2[C@@H](c2cccc(F)c2)N1c1ccc(F)cc1. The van der Waals surface area contributed by atoms with Crippen LogP contribution in [-0.4, -0.2) is 23.4 Å². The van der Waals surface area contributed by atoms with Crippen LogP contribution in [0.15, 0.2) is 48.5 Å². The van der Waals surface area contributed by atoms with E-state index in [0.29, 0.717) is 5.69 Å². The van der Waals surface area contributed by atoms with Crippen LogP contribution in [0.3, 0.4) is 0 Å². The van der Waals surface area contributed by atoms with Crippen LogP contribution in [0.25, 0.3) is 0 Å². The van der Waals surface area contributed by atoms with Crippen molar-refractivity contribution in [1.29, 1.82) is 0 Å². The minimum atomic E-state index is -0.344. The molecule has 4 rings (SSSR count). The molecule has 0 spiro atoms. The van der Waals surface area contributed by atoms with Gasteiger partial charge in [-0.05, 0) is 54.8 Å². The van der Waals surface area contributed by atoms with E-state index in [9.17, 15) is 13.6 Å². The summed E-state index contributed by atoms with van der Waals surface area (Å²) >= 11 is 0. The van der Waals surface area contributed by atoms with Crippen LogP contribution in [0.4, 0.5) is 14.5 Å². The summed E-state index contributed by atoms with van der Waals surface area (Å²) in [5.74, 6) is -0.664. The van der Waals surface area contributed by atoms with Gasteiger partial charge in [-0.25, -0.2) is 8.78 Å². The van der Waals surface area contributed by atoms with Crippen LogP contribution in [0, 0.1) is 11.6 Å². The van der Waals surface area contributed by atoms with Crippen molar-refractivity contribution < 1.29 is 13.6 Å². The summed E-state index contributed by atoms with van der Waals surface area (Å²) < 4.78 is 26.9. The number of hydrogen-bond donors (Lipinski definition) is 0. The average Bonchev–Trinajstić information content (AvgIpc) is 3.11. The van der Waals surface area contributed by atoms with Crippen LogP contribution < -0.4 is 4.90 Å². The number of hydrogen-bond acceptors (Lipinski definition) is 2. The van der Waals surface area contributed by atoms with Gasteiger partial charge < -0.3 is 0 Å². The van der Waals surface area contributed by atoms with Crippen LogP contribution in [0.2, 0.25) is 0 Å². The molecule has 0 saturated carbocycles. The number of carbonyl (C=O) groups excluding carboxylic acids is 1. The third kappa shape index (κ3) is 2.32. The molecule has 0 unspecified atom stereocenters. The molecule has 1 amide bonds. The first-order valence-corrected chi connectivity index (χ1v) is 7.75. The number of benzene rings is 2. The number of rotatable bonds is 2. The molecule has 23 heavy (non-hydrogen) atoms. The zero-order chi connectivity index (χ0) is 16.0. The Kier molecular flexibility index (Phi) is 3.38. The quantitative estimate of drug-likeness (QED) is 0.847. The van der Waals surface area contributed by atoms with Gasteiger partial charge in [0.25, 0.3) is 0 Å². The van der Waals surface area contributed by atoms with Crippen LogP contribution in [0.5, 0.6) is 0 Å². The van der Waals surface area contributed by atoms with Crippen molar-refractivity contribution in [3.05, 3.63) is 65.7 Å². The van der Waals surface area contributed by atoms with Crippen molar-refractivity contribution in [2.24, 2.45) is 0 Å². The highest BCUT2D eigenvalue weighted by atomic mass is 19.1. The molecule has 0 aliphatic carbocycles. The monoisotopic (exact) mass is 314 g/mol. The van der Waals surface area contributed by atoms with Gasteiger partial charge in [0.2, 0.25) is 5.91 Å². The van der Waals surface area contributed by atoms with Gasteiger partial charge in [0, 0.05) is 12.2 Å². The summed E-state index contributed by atoms with van der Waals surface area (Å²) in [5, 5.41) is 0. The van der Waals surface area contributed by atoms with E-state index in [-0.39, 0.29) is 29.7 Å². The third-order valence-corrected chi connectivity index (χ3v) is 4.63. The third-order valence-electron chi connectivity index (χ3n) is 4.63. The molecule has 2 saturated heterocycles. The Labute approximate surface area is 133 Å². The summed E-state index contributed by atoms with van der Waals surface area (Å²) in [6.07, 6.45) is 1.43. The zero-order valence-corrected chi connectivity index (χ0v) is 12.5. The second-order valence-electron chi connectivity index (χ2n) is 6.01. The number of fused-ring (bicyclic) bond motifs is 1. The normalized spacial score (nSPS) is 24.3. The van der Waals surface area contributed by atoms with Gasteiger partial charge in [-0.1, -0.05) is 12.1 Å². The lowest BCUT2D eigenvalue weighted by molar-refractivity contribution is -0.119. The Bertz CT molecular complexity index is 747. The first-order chi connectivity index (χ1) is 11.1. The Balaban J connectivity index is 1.81. The van der Waals surface area contributed by atoms with E-state index in [0.717, 1.165) is 24.9 Å². The summed E-state index contributed by atoms with van der Waals surface area (Å²) in [6.45, 7) is 0.801. The predicted molar refractivity (Wildman–Crippen MR) is 82.8 cm³/mol. The second kappa shape index (κ2) is 5.42. The number of carbonyl (C=O) groups is 1. The Morgan fingerprint density at radius 2 is 1.78 bits per heavy atom. The lowest BCUT2D eigenvalue weighted by atomic mass is 10.1. The molecule has 2 aliphatic heterocycles. The van der Waals surface area contributed by atoms with Gasteiger partial charge in [-0.15, -0.1) is 0 Å². The molecule has 0 N–H and O–H groups in total. The predicted octanol–water partition coefficient (Wildman–Crippen LogP) is 3.47. The molecule has 2 atom stereocenters. The van der Waals surface area contributed by atoms with E-state index >= 15 is 0 Å². The van der Waals surface area contributed by atoms with Crippen molar-refractivity contribution >= 4 is 11.6 Å². The second-order valence-corrected chi connectivity index (χ2v) is 6.01. The summed E-state index contributed by atoms with van der Waals surface area (Å²) in [4.78, 5) is 16.6. The van der Waals surface area contributed by atoms with Gasteiger partial charge in [0.05, 0.1) is 6.04 Å². The number of amides is 1. The lowest BCUT2D eigenvalue weighted by Crippen LogP contribution is -2.32. The van der Waals surface area contributed by atoms with Gasteiger partial charge in [0.15, 0.2) is 0 Å². The zero-order valence-electron chi connectivity index (χ0n) is 12.5. The van der Waals surface area contributed by atoms with Crippen LogP contribution in [-0.2, 0) is 4.79 Å². The fourth-order valence-electron chi connectivity index (χ4n) is 3.65. The van der Waals surface area contributed by atoms with E-state index in [2.05, 4.69) is 4.90 Å². The fraction of sp³-hybridized carbons (Fsp3) is 0.278. The van der Waals surface area contributed by atoms with Crippen molar-refractivity contribution in [2.75, 3.05) is 11.4 Å². The highest BCUT2D eigenvalue weighted by Gasteiger charge is 2.49. The molecule has 0 aromatic heterocycles. The maximum atomic E-state index is 13.7. The molecule has 2 fully saturated rings. The van der Waals surface area contributed by atoms with Crippen LogP contribution in [0.1, 0.15) is 24.6 Å². The average molecular weight is 314 g/mol. The van der Waals surface area contributed by atoms with Gasteiger partial charge in [-0.2, -0.15) is 0 Å². The largest absolute Gasteiger partial charge is 0.291 e. The first kappa shape index (κ1) is 14.3. The minimum absolute atomic E-state index is 0.00312. The standard InChI is InChI=1S/C18H16F2N2O/c19-13-6-8-15(9-7-13)22-17(12-3-1-4-14(20)11-12)21-10-2-5-16(21)18(22)23/h1,3-4,6-9,11,16-17H,2,5,10H2/t16-,17+/m0/s1. The number of halogens is 2. The number of nitrogens with zero attached hydrogens (tertiary/aromatic N) is 2. The summed E-state index contributed by atoms with van der Waals surface area (Å²) in [6, 6.07) is 12.1. The molecule has 0 bridgehead atoms. The van der Waals surface area contributed by atoms with Crippen LogP contribution >= 0.6 is 0 Å². The van der Waals surface area contributed by atoms with Gasteiger partial charge >= 0.3 is 0 Å². The van der Waals surface area contributed by atoms with Gasteiger partial charge in [0.1, 0.15) is 17.8 Å². The van der Waals surface area contributed by atoms with E-state index in [4.69, 9.17) is 0 Å². The molecule has 2 aromatic carbocycles. The molecule has 118 valence electrons. The number of anilines is 1. The lowest BCUT2D eigenvalue weighted by Gasteiger charge is -2.29. The first-order valence-electron chi connectivity index (χ1n) is 7.75. The van der Waals surface area contributed by atoms with E-state index in [1.807, 2.05) is 6.07 Å². The molecule has 2 aliphatic rings. The molecule has 2 aromatic rings. The maximum absolute atomic E-state index is 13.7. The maximum Gasteiger partial charge on any atom is 0.246 e. The molecular weight excluding hydrogens is 298 g/mol. The fourth-order valence-corrected chi connectivity index (χ4v) is 3.65. The molecule has 2 heterocycles. The van der Waals surface area contributed by atoms with Gasteiger partial charge in [-0.3, -0.25) is 14.6 Å². The molecule has 5 heteroatoms. The van der Waals surface area contributed by atoms with Crippen molar-refractivity contribution in [3.63, 3.8) is 0 Å². The van der Waals surface area contributed by atoms with Crippen molar-refractivity contribution in [2.45, 2.75) is 25.0 Å². The highest BCUT2D eigenvalue weighted by Crippen LogP contribution is 2.42. The Hall–Kier alpha value is -2.27. The van der Waals surface area contributed by atoms with Crippen molar-refractivity contribution in [1.82, 2.24) is 4.90 Å².